The highest BCUT2D eigenvalue weighted by Gasteiger charge is 2.27. The predicted molar refractivity (Wildman–Crippen MR) is 59.2 cm³/mol. The van der Waals surface area contributed by atoms with Crippen molar-refractivity contribution in [2.45, 2.75) is 26.3 Å². The topological polar surface area (TPSA) is 58.4 Å². The first kappa shape index (κ1) is 11.1. The van der Waals surface area contributed by atoms with Crippen molar-refractivity contribution in [3.63, 3.8) is 0 Å². The summed E-state index contributed by atoms with van der Waals surface area (Å²) in [4.78, 5) is 14.1. The molecule has 0 bridgehead atoms. The van der Waals surface area contributed by atoms with E-state index in [1.54, 1.807) is 6.92 Å². The number of rotatable bonds is 3. The number of aryl methyl sites for hydroxylation is 1. The van der Waals surface area contributed by atoms with E-state index in [-0.39, 0.29) is 5.91 Å². The molecule has 2 rings (SSSR count). The monoisotopic (exact) mass is 223 g/mol. The van der Waals surface area contributed by atoms with Crippen LogP contribution in [-0.4, -0.2) is 41.6 Å². The molecule has 1 aromatic rings. The van der Waals surface area contributed by atoms with Gasteiger partial charge in [0.1, 0.15) is 11.3 Å². The molecule has 1 atom stereocenters. The summed E-state index contributed by atoms with van der Waals surface area (Å²) < 4.78 is 4.93. The molecule has 16 heavy (non-hydrogen) atoms. The Morgan fingerprint density at radius 3 is 3.06 bits per heavy atom. The number of aromatic nitrogens is 1. The van der Waals surface area contributed by atoms with E-state index in [0.29, 0.717) is 17.4 Å². The average molecular weight is 223 g/mol. The molecular formula is C11H17N3O2. The SMILES string of the molecule is CCN(C(=O)c1cnoc1C)C1CCNC1. The van der Waals surface area contributed by atoms with Crippen LogP contribution in [0.5, 0.6) is 0 Å². The van der Waals surface area contributed by atoms with Crippen LogP contribution >= 0.6 is 0 Å². The van der Waals surface area contributed by atoms with Gasteiger partial charge in [0.15, 0.2) is 0 Å². The largest absolute Gasteiger partial charge is 0.361 e. The fraction of sp³-hybridized carbons (Fsp3) is 0.636. The molecule has 0 spiro atoms. The van der Waals surface area contributed by atoms with Crippen LogP contribution in [0.4, 0.5) is 0 Å². The van der Waals surface area contributed by atoms with Crippen LogP contribution in [0.2, 0.25) is 0 Å². The molecule has 5 nitrogen and oxygen atoms in total. The minimum absolute atomic E-state index is 0.0231. The predicted octanol–water partition coefficient (Wildman–Crippen LogP) is 0.807. The minimum atomic E-state index is 0.0231. The van der Waals surface area contributed by atoms with Crippen LogP contribution in [0.15, 0.2) is 10.7 Å². The molecule has 1 amide bonds. The normalized spacial score (nSPS) is 20.0. The quantitative estimate of drug-likeness (QED) is 0.823. The maximum Gasteiger partial charge on any atom is 0.259 e. The third-order valence-electron chi connectivity index (χ3n) is 3.06. The summed E-state index contributed by atoms with van der Waals surface area (Å²) in [5.41, 5.74) is 0.578. The number of nitrogens with one attached hydrogen (secondary N) is 1. The number of hydrogen-bond acceptors (Lipinski definition) is 4. The standard InChI is InChI=1S/C11H17N3O2/c1-3-14(9-4-5-12-6-9)11(15)10-7-13-16-8(10)2/h7,9,12H,3-6H2,1-2H3. The summed E-state index contributed by atoms with van der Waals surface area (Å²) in [5, 5.41) is 6.92. The first-order chi connectivity index (χ1) is 7.74. The molecule has 0 saturated carbocycles. The molecule has 2 heterocycles. The van der Waals surface area contributed by atoms with Crippen molar-refractivity contribution in [3.8, 4) is 0 Å². The van der Waals surface area contributed by atoms with Crippen molar-refractivity contribution in [2.75, 3.05) is 19.6 Å². The Hall–Kier alpha value is -1.36. The summed E-state index contributed by atoms with van der Waals surface area (Å²) in [6.07, 6.45) is 2.52. The smallest absolute Gasteiger partial charge is 0.259 e. The van der Waals surface area contributed by atoms with E-state index in [9.17, 15) is 4.79 Å². The molecule has 0 aromatic carbocycles. The van der Waals surface area contributed by atoms with Gasteiger partial charge in [-0.1, -0.05) is 5.16 Å². The van der Waals surface area contributed by atoms with E-state index in [2.05, 4.69) is 10.5 Å². The highest BCUT2D eigenvalue weighted by molar-refractivity contribution is 5.95. The number of carbonyl (C=O) groups excluding carboxylic acids is 1. The van der Waals surface area contributed by atoms with E-state index in [0.717, 1.165) is 26.1 Å². The van der Waals surface area contributed by atoms with Gasteiger partial charge >= 0.3 is 0 Å². The fourth-order valence-electron chi connectivity index (χ4n) is 2.13. The van der Waals surface area contributed by atoms with Crippen LogP contribution < -0.4 is 5.32 Å². The Bertz CT molecular complexity index is 369. The van der Waals surface area contributed by atoms with E-state index < -0.39 is 0 Å². The molecule has 1 saturated heterocycles. The number of likely N-dealkylation sites (N-methyl/N-ethyl adjacent to an activating group) is 1. The highest BCUT2D eigenvalue weighted by Crippen LogP contribution is 2.15. The van der Waals surface area contributed by atoms with Crippen LogP contribution in [0, 0.1) is 6.92 Å². The van der Waals surface area contributed by atoms with Gasteiger partial charge in [-0.3, -0.25) is 4.79 Å². The second-order valence-corrected chi connectivity index (χ2v) is 4.03. The zero-order chi connectivity index (χ0) is 11.5. The van der Waals surface area contributed by atoms with E-state index in [1.165, 1.54) is 6.20 Å². The Morgan fingerprint density at radius 1 is 1.75 bits per heavy atom. The molecule has 1 unspecified atom stereocenters. The summed E-state index contributed by atoms with van der Waals surface area (Å²) in [7, 11) is 0. The van der Waals surface area contributed by atoms with Gasteiger partial charge < -0.3 is 14.7 Å². The minimum Gasteiger partial charge on any atom is -0.361 e. The third-order valence-corrected chi connectivity index (χ3v) is 3.06. The van der Waals surface area contributed by atoms with Crippen molar-refractivity contribution < 1.29 is 9.32 Å². The van der Waals surface area contributed by atoms with Crippen LogP contribution in [-0.2, 0) is 0 Å². The summed E-state index contributed by atoms with van der Waals surface area (Å²) >= 11 is 0. The second-order valence-electron chi connectivity index (χ2n) is 4.03. The molecule has 1 fully saturated rings. The lowest BCUT2D eigenvalue weighted by Gasteiger charge is -2.26. The van der Waals surface area contributed by atoms with E-state index >= 15 is 0 Å². The first-order valence-electron chi connectivity index (χ1n) is 5.67. The van der Waals surface area contributed by atoms with Gasteiger partial charge in [0.25, 0.3) is 5.91 Å². The van der Waals surface area contributed by atoms with Gasteiger partial charge in [-0.15, -0.1) is 0 Å². The van der Waals surface area contributed by atoms with Gasteiger partial charge in [-0.05, 0) is 26.8 Å². The lowest BCUT2D eigenvalue weighted by molar-refractivity contribution is 0.0702. The Morgan fingerprint density at radius 2 is 2.56 bits per heavy atom. The van der Waals surface area contributed by atoms with Crippen LogP contribution in [0.25, 0.3) is 0 Å². The van der Waals surface area contributed by atoms with Crippen molar-refractivity contribution in [1.29, 1.82) is 0 Å². The molecule has 0 aliphatic carbocycles. The van der Waals surface area contributed by atoms with Gasteiger partial charge in [0.05, 0.1) is 6.20 Å². The number of carbonyl (C=O) groups is 1. The Kier molecular flexibility index (Phi) is 3.24. The van der Waals surface area contributed by atoms with Gasteiger partial charge in [0.2, 0.25) is 0 Å². The molecule has 1 N–H and O–H groups in total. The van der Waals surface area contributed by atoms with Gasteiger partial charge in [-0.2, -0.15) is 0 Å². The number of amides is 1. The first-order valence-corrected chi connectivity index (χ1v) is 5.67. The molecule has 1 aromatic heterocycles. The van der Waals surface area contributed by atoms with E-state index in [1.807, 2.05) is 11.8 Å². The van der Waals surface area contributed by atoms with Gasteiger partial charge in [0, 0.05) is 19.1 Å². The molecule has 1 aliphatic rings. The molecule has 88 valence electrons. The van der Waals surface area contributed by atoms with Crippen molar-refractivity contribution in [1.82, 2.24) is 15.4 Å². The highest BCUT2D eigenvalue weighted by atomic mass is 16.5. The summed E-state index contributed by atoms with van der Waals surface area (Å²) in [6, 6.07) is 0.298. The number of hydrogen-bond donors (Lipinski definition) is 1. The summed E-state index contributed by atoms with van der Waals surface area (Å²) in [6.45, 7) is 6.34. The molecule has 1 aliphatic heterocycles. The Balaban J connectivity index is 2.15. The van der Waals surface area contributed by atoms with E-state index in [4.69, 9.17) is 4.52 Å². The average Bonchev–Trinajstić information content (AvgIpc) is 2.90. The maximum absolute atomic E-state index is 12.2. The summed E-state index contributed by atoms with van der Waals surface area (Å²) in [5.74, 6) is 0.615. The fourth-order valence-corrected chi connectivity index (χ4v) is 2.13. The lowest BCUT2D eigenvalue weighted by Crippen LogP contribution is -2.41. The third kappa shape index (κ3) is 1.95. The van der Waals surface area contributed by atoms with Crippen molar-refractivity contribution in [2.24, 2.45) is 0 Å². The lowest BCUT2D eigenvalue weighted by atomic mass is 10.1. The van der Waals surface area contributed by atoms with Crippen LogP contribution in [0.3, 0.4) is 0 Å². The van der Waals surface area contributed by atoms with Crippen LogP contribution in [0.1, 0.15) is 29.5 Å². The Labute approximate surface area is 94.8 Å². The zero-order valence-electron chi connectivity index (χ0n) is 9.69. The molecular weight excluding hydrogens is 206 g/mol. The second kappa shape index (κ2) is 4.65. The molecule has 5 heteroatoms. The molecule has 0 radical (unpaired) electrons. The zero-order valence-corrected chi connectivity index (χ0v) is 9.69. The maximum atomic E-state index is 12.2. The van der Waals surface area contributed by atoms with Crippen molar-refractivity contribution >= 4 is 5.91 Å². The number of nitrogens with zero attached hydrogens (tertiary/aromatic N) is 2. The van der Waals surface area contributed by atoms with Crippen molar-refractivity contribution in [3.05, 3.63) is 17.5 Å². The van der Waals surface area contributed by atoms with Gasteiger partial charge in [-0.25, -0.2) is 0 Å².